The fourth-order valence-corrected chi connectivity index (χ4v) is 0.709. The van der Waals surface area contributed by atoms with E-state index >= 15 is 0 Å². The van der Waals surface area contributed by atoms with Crippen molar-refractivity contribution in [3.63, 3.8) is 0 Å². The molecule has 0 heterocycles. The maximum absolute atomic E-state index is 11.7. The number of hydrogen-bond acceptors (Lipinski definition) is 3. The number of methoxy groups -OCH3 is 1. The summed E-state index contributed by atoms with van der Waals surface area (Å²) < 4.78 is 61.8. The molecule has 0 aromatic heterocycles. The number of hydrogen-bond donors (Lipinski definition) is 0. The van der Waals surface area contributed by atoms with E-state index in [1.54, 1.807) is 0 Å². The van der Waals surface area contributed by atoms with Crippen molar-refractivity contribution in [3.05, 3.63) is 10.4 Å². The van der Waals surface area contributed by atoms with Gasteiger partial charge in [0.05, 0.1) is 7.11 Å². The molecule has 0 bridgehead atoms. The Morgan fingerprint density at radius 1 is 1.50 bits per heavy atom. The molecule has 0 aromatic carbocycles. The molecule has 0 amide bonds. The number of rotatable bonds is 1. The summed E-state index contributed by atoms with van der Waals surface area (Å²) in [5.41, 5.74) is 2.24. The van der Waals surface area contributed by atoms with Gasteiger partial charge in [0, 0.05) is 4.91 Å². The van der Waals surface area contributed by atoms with E-state index in [0.717, 1.165) is 7.11 Å². The van der Waals surface area contributed by atoms with Gasteiger partial charge in [0.1, 0.15) is 0 Å². The van der Waals surface area contributed by atoms with Crippen LogP contribution >= 0.6 is 0 Å². The first-order valence-electron chi connectivity index (χ1n) is 2.75. The minimum absolute atomic E-state index is 0.805. The normalized spacial score (nSPS) is 13.3. The van der Waals surface area contributed by atoms with Gasteiger partial charge < -0.3 is 4.74 Å². The monoisotopic (exact) mass is 232 g/mol. The van der Waals surface area contributed by atoms with Crippen LogP contribution in [0.1, 0.15) is 0 Å². The predicted octanol–water partition coefficient (Wildman–Crippen LogP) is 1.15. The quantitative estimate of drug-likeness (QED) is 0.222. The summed E-state index contributed by atoms with van der Waals surface area (Å²) in [6, 6.07) is -1.23. The fourth-order valence-electron chi connectivity index (χ4n) is 0.289. The van der Waals surface area contributed by atoms with Crippen LogP contribution in [0.4, 0.5) is 13.2 Å². The first-order chi connectivity index (χ1) is 6.24. The van der Waals surface area contributed by atoms with Gasteiger partial charge in [0.15, 0.2) is 0 Å². The number of azide groups is 1. The van der Waals surface area contributed by atoms with E-state index in [0.29, 0.717) is 0 Å². The molecule has 80 valence electrons. The maximum atomic E-state index is 11.7. The van der Waals surface area contributed by atoms with Crippen molar-refractivity contribution >= 4 is 16.0 Å². The lowest BCUT2D eigenvalue weighted by molar-refractivity contribution is -0.0435. The molecule has 0 rings (SSSR count). The third-order valence-electron chi connectivity index (χ3n) is 0.804. The van der Waals surface area contributed by atoms with Gasteiger partial charge in [-0.2, -0.15) is 21.6 Å². The van der Waals surface area contributed by atoms with Crippen molar-refractivity contribution in [2.24, 2.45) is 9.51 Å². The Morgan fingerprint density at radius 3 is 2.29 bits per heavy atom. The second kappa shape index (κ2) is 4.15. The van der Waals surface area contributed by atoms with Gasteiger partial charge in [-0.25, -0.2) is 0 Å². The Balaban J connectivity index is 5.26. The van der Waals surface area contributed by atoms with Crippen molar-refractivity contribution in [3.8, 4) is 0 Å². The minimum Gasteiger partial charge on any atom is -0.479 e. The fraction of sp³-hybridized carbons (Fsp3) is 0.667. The van der Waals surface area contributed by atoms with E-state index in [1.807, 2.05) is 4.91 Å². The molecule has 7 nitrogen and oxygen atoms in total. The van der Waals surface area contributed by atoms with Gasteiger partial charge in [-0.05, 0) is 10.6 Å². The SMILES string of the molecule is CO/C(N=[N+]=[N-])=N\S(=O)(=O)C(F)(F)F. The molecule has 0 aromatic rings. The maximum Gasteiger partial charge on any atom is 0.518 e. The summed E-state index contributed by atoms with van der Waals surface area (Å²) in [6.07, 6.45) is 0. The van der Waals surface area contributed by atoms with Crippen molar-refractivity contribution < 1.29 is 26.3 Å². The van der Waals surface area contributed by atoms with Crippen LogP contribution in [0.5, 0.6) is 0 Å². The Kier molecular flexibility index (Phi) is 3.71. The third kappa shape index (κ3) is 3.11. The minimum atomic E-state index is -5.73. The number of halogens is 3. The zero-order valence-electron chi connectivity index (χ0n) is 6.56. The highest BCUT2D eigenvalue weighted by molar-refractivity contribution is 7.91. The third-order valence-corrected chi connectivity index (χ3v) is 1.79. The largest absolute Gasteiger partial charge is 0.518 e. The first-order valence-corrected chi connectivity index (χ1v) is 4.19. The summed E-state index contributed by atoms with van der Waals surface area (Å²) in [7, 11) is -4.93. The zero-order chi connectivity index (χ0) is 11.4. The average Bonchev–Trinajstić information content (AvgIpc) is 2.01. The van der Waals surface area contributed by atoms with E-state index in [9.17, 15) is 21.6 Å². The second-order valence-corrected chi connectivity index (χ2v) is 3.28. The molecular formula is C3H3F3N4O3S. The van der Waals surface area contributed by atoms with Crippen molar-refractivity contribution in [1.29, 1.82) is 0 Å². The Morgan fingerprint density at radius 2 is 2.00 bits per heavy atom. The first kappa shape index (κ1) is 12.5. The Hall–Kier alpha value is -1.48. The standard InChI is InChI=1S/C3H3F3N4O3S/c1-13-2(8-10-7)9-14(11,12)3(4,5)6/h1H3/b9-2-. The summed E-state index contributed by atoms with van der Waals surface area (Å²) in [6.45, 7) is 0. The topological polar surface area (TPSA) is 104 Å². The summed E-state index contributed by atoms with van der Waals surface area (Å²) in [5.74, 6) is 0. The van der Waals surface area contributed by atoms with Crippen molar-refractivity contribution in [1.82, 2.24) is 0 Å². The highest BCUT2D eigenvalue weighted by atomic mass is 32.2. The van der Waals surface area contributed by atoms with Gasteiger partial charge in [0.2, 0.25) is 0 Å². The number of amidine groups is 1. The molecule has 0 saturated heterocycles. The van der Waals surface area contributed by atoms with Gasteiger partial charge >= 0.3 is 15.5 Å². The summed E-state index contributed by atoms with van der Waals surface area (Å²) in [4.78, 5) is 2.01. The lowest BCUT2D eigenvalue weighted by Crippen LogP contribution is -2.22. The molecule has 0 saturated carbocycles. The number of alkyl halides is 3. The molecule has 11 heteroatoms. The van der Waals surface area contributed by atoms with Crippen LogP contribution in [0, 0.1) is 0 Å². The molecule has 0 spiro atoms. The van der Waals surface area contributed by atoms with Crippen LogP contribution in [0.25, 0.3) is 10.4 Å². The van der Waals surface area contributed by atoms with E-state index in [-0.39, 0.29) is 0 Å². The van der Waals surface area contributed by atoms with Crippen LogP contribution in [-0.2, 0) is 14.8 Å². The van der Waals surface area contributed by atoms with Crippen molar-refractivity contribution in [2.45, 2.75) is 5.51 Å². The van der Waals surface area contributed by atoms with Crippen LogP contribution in [0.2, 0.25) is 0 Å². The molecule has 0 aliphatic carbocycles. The van der Waals surface area contributed by atoms with Crippen LogP contribution < -0.4 is 0 Å². The molecule has 0 atom stereocenters. The van der Waals surface area contributed by atoms with E-state index in [4.69, 9.17) is 5.53 Å². The lowest BCUT2D eigenvalue weighted by atomic mass is 11.2. The van der Waals surface area contributed by atoms with Crippen LogP contribution in [0.15, 0.2) is 9.51 Å². The van der Waals surface area contributed by atoms with E-state index in [2.05, 4.69) is 14.2 Å². The average molecular weight is 232 g/mol. The van der Waals surface area contributed by atoms with E-state index < -0.39 is 21.6 Å². The number of ether oxygens (including phenoxy) is 1. The molecule has 0 aliphatic rings. The predicted molar refractivity (Wildman–Crippen MR) is 38.6 cm³/mol. The highest BCUT2D eigenvalue weighted by Gasteiger charge is 2.46. The molecule has 0 aliphatic heterocycles. The van der Waals surface area contributed by atoms with Gasteiger partial charge in [0.25, 0.3) is 6.02 Å². The van der Waals surface area contributed by atoms with Crippen LogP contribution in [-0.4, -0.2) is 27.1 Å². The second-order valence-electron chi connectivity index (χ2n) is 1.69. The molecule has 14 heavy (non-hydrogen) atoms. The van der Waals surface area contributed by atoms with Gasteiger partial charge in [-0.15, -0.1) is 4.40 Å². The molecule has 0 fully saturated rings. The van der Waals surface area contributed by atoms with Gasteiger partial charge in [-0.3, -0.25) is 0 Å². The molecular weight excluding hydrogens is 229 g/mol. The number of sulfonamides is 1. The lowest BCUT2D eigenvalue weighted by Gasteiger charge is -2.02. The smallest absolute Gasteiger partial charge is 0.479 e. The molecule has 0 N–H and O–H groups in total. The molecule has 0 radical (unpaired) electrons. The number of nitrogens with zero attached hydrogens (tertiary/aromatic N) is 4. The molecule has 0 unspecified atom stereocenters. The summed E-state index contributed by atoms with van der Waals surface area (Å²) in [5, 5.41) is 2.47. The van der Waals surface area contributed by atoms with E-state index in [1.165, 1.54) is 0 Å². The Bertz CT molecular complexity index is 378. The Labute approximate surface area is 75.9 Å². The summed E-state index contributed by atoms with van der Waals surface area (Å²) >= 11 is 0. The van der Waals surface area contributed by atoms with Crippen LogP contribution in [0.3, 0.4) is 0 Å². The van der Waals surface area contributed by atoms with Gasteiger partial charge in [-0.1, -0.05) is 0 Å². The van der Waals surface area contributed by atoms with Crippen molar-refractivity contribution in [2.75, 3.05) is 7.11 Å². The zero-order valence-corrected chi connectivity index (χ0v) is 7.37. The highest BCUT2D eigenvalue weighted by Crippen LogP contribution is 2.24.